The van der Waals surface area contributed by atoms with E-state index < -0.39 is 0 Å². The van der Waals surface area contributed by atoms with Gasteiger partial charge in [0, 0.05) is 46.3 Å². The van der Waals surface area contributed by atoms with Gasteiger partial charge < -0.3 is 9.47 Å². The molecule has 0 fully saturated rings. The normalized spacial score (nSPS) is 11.8. The largest absolute Gasteiger partial charge is 0.492 e. The average Bonchev–Trinajstić information content (AvgIpc) is 3.24. The van der Waals surface area contributed by atoms with Crippen LogP contribution in [0, 0.1) is 0 Å². The van der Waals surface area contributed by atoms with Crippen molar-refractivity contribution in [2.45, 2.75) is 142 Å². The van der Waals surface area contributed by atoms with Crippen LogP contribution in [0.3, 0.4) is 0 Å². The molecule has 298 valence electrons. The van der Waals surface area contributed by atoms with Crippen LogP contribution in [0.25, 0.3) is 45.8 Å². The van der Waals surface area contributed by atoms with Crippen molar-refractivity contribution in [3.8, 4) is 11.5 Å². The molecular formula is C52H68N2O2. The second-order valence-electron chi connectivity index (χ2n) is 15.6. The van der Waals surface area contributed by atoms with Gasteiger partial charge in [0.25, 0.3) is 0 Å². The molecule has 0 unspecified atom stereocenters. The van der Waals surface area contributed by atoms with Crippen LogP contribution in [-0.2, 0) is 0 Å². The van der Waals surface area contributed by atoms with Gasteiger partial charge in [-0.25, -0.2) is 0 Å². The van der Waals surface area contributed by atoms with Gasteiger partial charge in [-0.2, -0.15) is 0 Å². The molecule has 4 heteroatoms. The molecule has 0 spiro atoms. The van der Waals surface area contributed by atoms with E-state index in [2.05, 4.69) is 84.5 Å². The zero-order valence-electron chi connectivity index (χ0n) is 34.7. The average molecular weight is 753 g/mol. The van der Waals surface area contributed by atoms with Crippen molar-refractivity contribution in [2.24, 2.45) is 0 Å². The van der Waals surface area contributed by atoms with Crippen molar-refractivity contribution in [3.05, 3.63) is 108 Å². The highest BCUT2D eigenvalue weighted by atomic mass is 16.5. The van der Waals surface area contributed by atoms with Crippen molar-refractivity contribution in [3.63, 3.8) is 0 Å². The minimum atomic E-state index is 0.709. The van der Waals surface area contributed by atoms with Crippen molar-refractivity contribution >= 4 is 45.8 Å². The number of pyridine rings is 2. The summed E-state index contributed by atoms with van der Waals surface area (Å²) in [6.07, 6.45) is 42.1. The molecule has 0 aliphatic rings. The quantitative estimate of drug-likeness (QED) is 0.0377. The predicted octanol–water partition coefficient (Wildman–Crippen LogP) is 15.7. The standard InChI is InChI=1S/C52H68N2O2/c1-3-5-7-9-11-13-15-17-19-21-39-55-51-47-29-27-46(26-24-44-33-37-54-38-34-44)42-50(47)52(56-40-22-20-18-16-14-12-10-8-6-4-2)48-30-28-45(41-49(48)51)25-23-43-31-35-53-36-32-43/h23-38,41-42H,3-22,39-40H2,1-2H3/b25-23+,26-24+. The summed E-state index contributed by atoms with van der Waals surface area (Å²) in [4.78, 5) is 8.37. The first-order valence-corrected chi connectivity index (χ1v) is 22.2. The van der Waals surface area contributed by atoms with E-state index in [4.69, 9.17) is 9.47 Å². The van der Waals surface area contributed by atoms with Crippen LogP contribution in [0.15, 0.2) is 85.5 Å². The maximum Gasteiger partial charge on any atom is 0.135 e. The number of benzene rings is 3. The molecule has 5 aromatic rings. The minimum Gasteiger partial charge on any atom is -0.492 e. The molecule has 0 aliphatic heterocycles. The molecule has 0 saturated heterocycles. The van der Waals surface area contributed by atoms with E-state index in [0.717, 1.165) is 68.1 Å². The van der Waals surface area contributed by atoms with Crippen LogP contribution in [0.2, 0.25) is 0 Å². The van der Waals surface area contributed by atoms with E-state index in [1.165, 1.54) is 116 Å². The van der Waals surface area contributed by atoms with Crippen molar-refractivity contribution in [2.75, 3.05) is 13.2 Å². The fourth-order valence-corrected chi connectivity index (χ4v) is 7.57. The minimum absolute atomic E-state index is 0.709. The van der Waals surface area contributed by atoms with Crippen molar-refractivity contribution < 1.29 is 9.47 Å². The molecule has 0 bridgehead atoms. The predicted molar refractivity (Wildman–Crippen MR) is 242 cm³/mol. The number of rotatable bonds is 28. The Morgan fingerprint density at radius 1 is 0.357 bits per heavy atom. The molecule has 0 radical (unpaired) electrons. The van der Waals surface area contributed by atoms with Crippen molar-refractivity contribution in [1.29, 1.82) is 0 Å². The molecule has 0 aliphatic carbocycles. The molecule has 3 aromatic carbocycles. The summed E-state index contributed by atoms with van der Waals surface area (Å²) in [5, 5.41) is 4.44. The van der Waals surface area contributed by atoms with E-state index >= 15 is 0 Å². The lowest BCUT2D eigenvalue weighted by Crippen LogP contribution is -2.03. The highest BCUT2D eigenvalue weighted by Crippen LogP contribution is 2.44. The Morgan fingerprint density at radius 3 is 1.04 bits per heavy atom. The highest BCUT2D eigenvalue weighted by Gasteiger charge is 2.17. The zero-order chi connectivity index (χ0) is 38.9. The third kappa shape index (κ3) is 14.6. The van der Waals surface area contributed by atoms with Gasteiger partial charge in [0.2, 0.25) is 0 Å². The number of nitrogens with zero attached hydrogens (tertiary/aromatic N) is 2. The fraction of sp³-hybridized carbons (Fsp3) is 0.462. The summed E-state index contributed by atoms with van der Waals surface area (Å²) in [6.45, 7) is 5.99. The Kier molecular flexibility index (Phi) is 19.6. The molecule has 0 N–H and O–H groups in total. The number of hydrogen-bond acceptors (Lipinski definition) is 4. The molecule has 56 heavy (non-hydrogen) atoms. The molecule has 4 nitrogen and oxygen atoms in total. The van der Waals surface area contributed by atoms with Gasteiger partial charge in [-0.3, -0.25) is 9.97 Å². The third-order valence-corrected chi connectivity index (χ3v) is 10.9. The van der Waals surface area contributed by atoms with Gasteiger partial charge in [-0.15, -0.1) is 0 Å². The second kappa shape index (κ2) is 25.7. The monoisotopic (exact) mass is 753 g/mol. The number of hydrogen-bond donors (Lipinski definition) is 0. The maximum atomic E-state index is 6.85. The van der Waals surface area contributed by atoms with E-state index in [1.807, 2.05) is 49.1 Å². The van der Waals surface area contributed by atoms with Crippen LogP contribution < -0.4 is 9.47 Å². The molecule has 0 saturated carbocycles. The Bertz CT molecular complexity index is 1740. The smallest absolute Gasteiger partial charge is 0.135 e. The summed E-state index contributed by atoms with van der Waals surface area (Å²) in [5.74, 6) is 1.92. The summed E-state index contributed by atoms with van der Waals surface area (Å²) in [5.41, 5.74) is 4.53. The molecule has 2 heterocycles. The van der Waals surface area contributed by atoms with Crippen LogP contribution in [0.4, 0.5) is 0 Å². The number of unbranched alkanes of at least 4 members (excludes halogenated alkanes) is 18. The Morgan fingerprint density at radius 2 is 0.679 bits per heavy atom. The lowest BCUT2D eigenvalue weighted by molar-refractivity contribution is 0.306. The number of ether oxygens (including phenoxy) is 2. The van der Waals surface area contributed by atoms with Gasteiger partial charge in [-0.05, 0) is 83.6 Å². The fourth-order valence-electron chi connectivity index (χ4n) is 7.57. The van der Waals surface area contributed by atoms with E-state index in [0.29, 0.717) is 13.2 Å². The Labute approximate surface area is 338 Å². The molecule has 2 aromatic heterocycles. The van der Waals surface area contributed by atoms with Crippen LogP contribution >= 0.6 is 0 Å². The second-order valence-corrected chi connectivity index (χ2v) is 15.6. The summed E-state index contributed by atoms with van der Waals surface area (Å²) >= 11 is 0. The lowest BCUT2D eigenvalue weighted by Gasteiger charge is -2.19. The van der Waals surface area contributed by atoms with Crippen LogP contribution in [-0.4, -0.2) is 23.2 Å². The zero-order valence-corrected chi connectivity index (χ0v) is 34.7. The first-order valence-electron chi connectivity index (χ1n) is 22.2. The Balaban J connectivity index is 1.37. The third-order valence-electron chi connectivity index (χ3n) is 10.9. The maximum absolute atomic E-state index is 6.85. The van der Waals surface area contributed by atoms with Gasteiger partial charge >= 0.3 is 0 Å². The van der Waals surface area contributed by atoms with E-state index in [-0.39, 0.29) is 0 Å². The molecule has 0 atom stereocenters. The molecular weight excluding hydrogens is 685 g/mol. The summed E-state index contributed by atoms with van der Waals surface area (Å²) < 4.78 is 13.7. The Hall–Kier alpha value is -4.44. The van der Waals surface area contributed by atoms with Crippen LogP contribution in [0.1, 0.15) is 165 Å². The van der Waals surface area contributed by atoms with E-state index in [9.17, 15) is 0 Å². The van der Waals surface area contributed by atoms with Gasteiger partial charge in [0.1, 0.15) is 11.5 Å². The highest BCUT2D eigenvalue weighted by molar-refractivity contribution is 6.12. The van der Waals surface area contributed by atoms with Gasteiger partial charge in [0.15, 0.2) is 0 Å². The van der Waals surface area contributed by atoms with Crippen LogP contribution in [0.5, 0.6) is 11.5 Å². The lowest BCUT2D eigenvalue weighted by atomic mass is 9.96. The van der Waals surface area contributed by atoms with E-state index in [1.54, 1.807) is 0 Å². The molecule has 5 rings (SSSR count). The number of fused-ring (bicyclic) bond motifs is 2. The molecule has 0 amide bonds. The topological polar surface area (TPSA) is 44.2 Å². The first kappa shape index (κ1) is 42.7. The van der Waals surface area contributed by atoms with Gasteiger partial charge in [-0.1, -0.05) is 166 Å². The summed E-state index contributed by atoms with van der Waals surface area (Å²) in [7, 11) is 0. The van der Waals surface area contributed by atoms with Gasteiger partial charge in [0.05, 0.1) is 13.2 Å². The summed E-state index contributed by atoms with van der Waals surface area (Å²) in [6, 6.07) is 21.6. The SMILES string of the molecule is CCCCCCCCCCCCOc1c2ccc(/C=C/c3ccncc3)cc2c(OCCCCCCCCCCCC)c2ccc(/C=C/c3ccncc3)cc12. The number of aromatic nitrogens is 2. The van der Waals surface area contributed by atoms with Crippen molar-refractivity contribution in [1.82, 2.24) is 9.97 Å². The first-order chi connectivity index (χ1) is 27.8.